The number of benzene rings is 1. The van der Waals surface area contributed by atoms with E-state index >= 15 is 0 Å². The quantitative estimate of drug-likeness (QED) is 0.543. The number of hydrogen-bond acceptors (Lipinski definition) is 5. The maximum Gasteiger partial charge on any atom is 0.340 e. The minimum absolute atomic E-state index is 0.302. The van der Waals surface area contributed by atoms with E-state index < -0.39 is 0 Å². The Morgan fingerprint density at radius 1 is 1.34 bits per heavy atom. The Morgan fingerprint density at radius 3 is 2.86 bits per heavy atom. The SMILES string of the molecule is CCOC(=O)c1c(Cn2ccnc2CC)n(C)c2cc(Br)c3c(c12)CN(C)CO3. The highest BCUT2D eigenvalue weighted by atomic mass is 79.9. The van der Waals surface area contributed by atoms with E-state index in [9.17, 15) is 4.79 Å². The molecule has 2 aromatic heterocycles. The Morgan fingerprint density at radius 2 is 2.14 bits per heavy atom. The van der Waals surface area contributed by atoms with Gasteiger partial charge in [0.1, 0.15) is 18.3 Å². The first kappa shape index (κ1) is 20.0. The van der Waals surface area contributed by atoms with Gasteiger partial charge in [-0.3, -0.25) is 4.90 Å². The molecule has 1 aliphatic heterocycles. The lowest BCUT2D eigenvalue weighted by molar-refractivity contribution is 0.0526. The Balaban J connectivity index is 2.00. The molecule has 8 heteroatoms. The summed E-state index contributed by atoms with van der Waals surface area (Å²) in [5.74, 6) is 1.48. The molecule has 4 rings (SSSR count). The van der Waals surface area contributed by atoms with E-state index in [1.807, 2.05) is 33.3 Å². The summed E-state index contributed by atoms with van der Waals surface area (Å²) < 4.78 is 16.5. The molecule has 0 spiro atoms. The number of halogens is 1. The van der Waals surface area contributed by atoms with Crippen LogP contribution in [0.2, 0.25) is 0 Å². The summed E-state index contributed by atoms with van der Waals surface area (Å²) in [6, 6.07) is 2.03. The zero-order valence-electron chi connectivity index (χ0n) is 17.2. The molecule has 0 unspecified atom stereocenters. The van der Waals surface area contributed by atoms with Crippen LogP contribution < -0.4 is 4.74 Å². The van der Waals surface area contributed by atoms with Crippen molar-refractivity contribution in [2.45, 2.75) is 33.4 Å². The Bertz CT molecular complexity index is 1090. The molecule has 29 heavy (non-hydrogen) atoms. The minimum atomic E-state index is -0.302. The molecule has 0 saturated carbocycles. The summed E-state index contributed by atoms with van der Waals surface area (Å²) in [5.41, 5.74) is 3.50. The van der Waals surface area contributed by atoms with Gasteiger partial charge in [-0.25, -0.2) is 9.78 Å². The number of ether oxygens (including phenoxy) is 2. The second-order valence-electron chi connectivity index (χ2n) is 7.27. The molecule has 0 amide bonds. The summed E-state index contributed by atoms with van der Waals surface area (Å²) >= 11 is 3.65. The lowest BCUT2D eigenvalue weighted by atomic mass is 10.0. The van der Waals surface area contributed by atoms with Crippen LogP contribution in [0.5, 0.6) is 5.75 Å². The van der Waals surface area contributed by atoms with E-state index in [-0.39, 0.29) is 5.97 Å². The third-order valence-electron chi connectivity index (χ3n) is 5.39. The highest BCUT2D eigenvalue weighted by molar-refractivity contribution is 9.10. The molecule has 3 aromatic rings. The molecule has 0 fully saturated rings. The molecule has 0 saturated heterocycles. The van der Waals surface area contributed by atoms with E-state index in [1.54, 1.807) is 6.20 Å². The number of rotatable bonds is 5. The van der Waals surface area contributed by atoms with Crippen molar-refractivity contribution in [1.82, 2.24) is 19.0 Å². The molecule has 1 aromatic carbocycles. The fraction of sp³-hybridized carbons (Fsp3) is 0.429. The average Bonchev–Trinajstić information content (AvgIpc) is 3.25. The molecule has 0 N–H and O–H groups in total. The molecule has 0 aliphatic carbocycles. The number of nitrogens with zero attached hydrogens (tertiary/aromatic N) is 4. The van der Waals surface area contributed by atoms with E-state index in [0.717, 1.165) is 44.6 Å². The summed E-state index contributed by atoms with van der Waals surface area (Å²) in [7, 11) is 4.00. The van der Waals surface area contributed by atoms with Crippen LogP contribution in [0.25, 0.3) is 10.9 Å². The summed E-state index contributed by atoms with van der Waals surface area (Å²) in [5, 5.41) is 0.906. The second-order valence-corrected chi connectivity index (χ2v) is 8.13. The number of esters is 1. The Hall–Kier alpha value is -2.32. The third-order valence-corrected chi connectivity index (χ3v) is 5.98. The molecular weight excluding hydrogens is 436 g/mol. The van der Waals surface area contributed by atoms with Crippen LogP contribution in [0.4, 0.5) is 0 Å². The average molecular weight is 461 g/mol. The molecule has 0 bridgehead atoms. The normalized spacial score (nSPS) is 14.1. The zero-order chi connectivity index (χ0) is 20.7. The Labute approximate surface area is 178 Å². The van der Waals surface area contributed by atoms with Gasteiger partial charge >= 0.3 is 5.97 Å². The van der Waals surface area contributed by atoms with Gasteiger partial charge in [0.25, 0.3) is 0 Å². The van der Waals surface area contributed by atoms with Crippen molar-refractivity contribution in [2.24, 2.45) is 7.05 Å². The first-order valence-electron chi connectivity index (χ1n) is 9.77. The number of fused-ring (bicyclic) bond motifs is 3. The van der Waals surface area contributed by atoms with Crippen LogP contribution >= 0.6 is 15.9 Å². The van der Waals surface area contributed by atoms with E-state index in [1.165, 1.54) is 0 Å². The number of aryl methyl sites for hydroxylation is 2. The lowest BCUT2D eigenvalue weighted by Crippen LogP contribution is -2.28. The van der Waals surface area contributed by atoms with Gasteiger partial charge in [0, 0.05) is 43.4 Å². The van der Waals surface area contributed by atoms with Gasteiger partial charge in [-0.15, -0.1) is 0 Å². The predicted octanol–water partition coefficient (Wildman–Crippen LogP) is 3.71. The van der Waals surface area contributed by atoms with Crippen LogP contribution in [0.15, 0.2) is 22.9 Å². The Kier molecular flexibility index (Phi) is 5.40. The van der Waals surface area contributed by atoms with Crippen molar-refractivity contribution in [3.05, 3.63) is 45.6 Å². The summed E-state index contributed by atoms with van der Waals surface area (Å²) in [6.45, 7) is 6.00. The number of hydrogen-bond donors (Lipinski definition) is 0. The van der Waals surface area contributed by atoms with E-state index in [4.69, 9.17) is 9.47 Å². The monoisotopic (exact) mass is 460 g/mol. The van der Waals surface area contributed by atoms with Crippen molar-refractivity contribution >= 4 is 32.8 Å². The first-order valence-corrected chi connectivity index (χ1v) is 10.6. The van der Waals surface area contributed by atoms with Crippen LogP contribution in [0.1, 0.15) is 41.3 Å². The summed E-state index contributed by atoms with van der Waals surface area (Å²) in [6.07, 6.45) is 4.58. The smallest absolute Gasteiger partial charge is 0.340 e. The van der Waals surface area contributed by atoms with Crippen molar-refractivity contribution in [2.75, 3.05) is 20.4 Å². The van der Waals surface area contributed by atoms with E-state index in [2.05, 4.69) is 41.9 Å². The van der Waals surface area contributed by atoms with Gasteiger partial charge in [-0.2, -0.15) is 0 Å². The van der Waals surface area contributed by atoms with Gasteiger partial charge in [0.15, 0.2) is 0 Å². The highest BCUT2D eigenvalue weighted by Crippen LogP contribution is 2.42. The fourth-order valence-electron chi connectivity index (χ4n) is 4.04. The second kappa shape index (κ2) is 7.84. The number of carbonyl (C=O) groups is 1. The number of carbonyl (C=O) groups excluding carboxylic acids is 1. The number of imidazole rings is 1. The largest absolute Gasteiger partial charge is 0.477 e. The standard InChI is InChI=1S/C21H25BrN4O3/c1-5-17-23-7-8-26(17)11-16-19(21(27)28-6-2)18-13-10-24(3)12-29-20(13)14(22)9-15(18)25(16)4/h7-9H,5-6,10-12H2,1-4H3. The maximum atomic E-state index is 13.1. The van der Waals surface area contributed by atoms with Crippen LogP contribution in [-0.4, -0.2) is 45.4 Å². The van der Waals surface area contributed by atoms with Crippen molar-refractivity contribution < 1.29 is 14.3 Å². The van der Waals surface area contributed by atoms with Gasteiger partial charge in [0.2, 0.25) is 0 Å². The van der Waals surface area contributed by atoms with E-state index in [0.29, 0.717) is 32.0 Å². The topological polar surface area (TPSA) is 61.5 Å². The van der Waals surface area contributed by atoms with Crippen LogP contribution in [0.3, 0.4) is 0 Å². The summed E-state index contributed by atoms with van der Waals surface area (Å²) in [4.78, 5) is 19.6. The van der Waals surface area contributed by atoms with Gasteiger partial charge in [-0.05, 0) is 36.0 Å². The molecule has 154 valence electrons. The molecule has 1 aliphatic rings. The first-order chi connectivity index (χ1) is 14.0. The van der Waals surface area contributed by atoms with Gasteiger partial charge in [-0.1, -0.05) is 6.92 Å². The third kappa shape index (κ3) is 3.34. The molecule has 0 atom stereocenters. The molecule has 7 nitrogen and oxygen atoms in total. The van der Waals surface area contributed by atoms with Gasteiger partial charge < -0.3 is 18.6 Å². The van der Waals surface area contributed by atoms with Crippen LogP contribution in [-0.2, 0) is 31.3 Å². The maximum absolute atomic E-state index is 13.1. The lowest BCUT2D eigenvalue weighted by Gasteiger charge is -2.27. The number of aromatic nitrogens is 3. The van der Waals surface area contributed by atoms with Crippen molar-refractivity contribution in [3.63, 3.8) is 0 Å². The van der Waals surface area contributed by atoms with Crippen LogP contribution in [0, 0.1) is 0 Å². The molecular formula is C21H25BrN4O3. The fourth-order valence-corrected chi connectivity index (χ4v) is 4.61. The molecule has 0 radical (unpaired) electrons. The predicted molar refractivity (Wildman–Crippen MR) is 114 cm³/mol. The zero-order valence-corrected chi connectivity index (χ0v) is 18.7. The molecule has 3 heterocycles. The van der Waals surface area contributed by atoms with Gasteiger partial charge in [0.05, 0.1) is 34.4 Å². The highest BCUT2D eigenvalue weighted by Gasteiger charge is 2.30. The van der Waals surface area contributed by atoms with Crippen molar-refractivity contribution in [1.29, 1.82) is 0 Å². The van der Waals surface area contributed by atoms with Crippen molar-refractivity contribution in [3.8, 4) is 5.75 Å². The minimum Gasteiger partial charge on any atom is -0.477 e.